The van der Waals surface area contributed by atoms with Crippen LogP contribution in [0.4, 0.5) is 29.3 Å². The number of nitrogens with one attached hydrogen (secondary N) is 2. The number of halogens is 3. The summed E-state index contributed by atoms with van der Waals surface area (Å²) in [6, 6.07) is 19.1. The minimum atomic E-state index is -3.23. The SMILES string of the molecule is C=CC(=O)Nc1cccc(C(F)(F)c2ccc(N3CC(CN4CCC(C(CN5CCC5)(c5cccc(F)c5)[C@H]5CCC[C@@H]5NC(=O)O)CC4)C3)cc2)c1. The summed E-state index contributed by atoms with van der Waals surface area (Å²) in [5.74, 6) is -3.08. The van der Waals surface area contributed by atoms with Crippen molar-refractivity contribution in [2.24, 2.45) is 17.8 Å². The molecular formula is C42H50F3N5O3. The summed E-state index contributed by atoms with van der Waals surface area (Å²) in [4.78, 5) is 30.8. The van der Waals surface area contributed by atoms with Crippen molar-refractivity contribution in [2.45, 2.75) is 55.9 Å². The molecule has 3 saturated heterocycles. The van der Waals surface area contributed by atoms with Crippen molar-refractivity contribution >= 4 is 23.4 Å². The van der Waals surface area contributed by atoms with E-state index in [9.17, 15) is 19.1 Å². The topological polar surface area (TPSA) is 88.2 Å². The first-order valence-corrected chi connectivity index (χ1v) is 19.0. The number of likely N-dealkylation sites (tertiary alicyclic amines) is 2. The van der Waals surface area contributed by atoms with Gasteiger partial charge >= 0.3 is 6.09 Å². The highest BCUT2D eigenvalue weighted by Crippen LogP contribution is 2.51. The molecule has 3 heterocycles. The van der Waals surface area contributed by atoms with Crippen LogP contribution >= 0.6 is 0 Å². The lowest BCUT2D eigenvalue weighted by Crippen LogP contribution is -2.60. The zero-order chi connectivity index (χ0) is 37.2. The number of carboxylic acid groups (broad SMARTS) is 1. The number of benzene rings is 3. The van der Waals surface area contributed by atoms with E-state index in [4.69, 9.17) is 0 Å². The van der Waals surface area contributed by atoms with Crippen molar-refractivity contribution in [1.82, 2.24) is 15.1 Å². The monoisotopic (exact) mass is 729 g/mol. The standard InChI is InChI=1S/C42H50F3N5O3/c1-2-39(51)46-35-10-4-8-33(24-35)42(44,45)31-13-15-36(16-14-31)50-26-29(27-50)25-48-21-17-30(18-22-48)41(28-49-19-6-20-49,32-7-3-9-34(43)23-32)37-11-5-12-38(37)47-40(52)53/h2-4,7-10,13-16,23-24,29-30,37-38,47H,1,5-6,11-12,17-22,25-28H2,(H,46,51)(H,52,53)/t37-,38-,41?/m0/s1. The van der Waals surface area contributed by atoms with Crippen LogP contribution in [0.25, 0.3) is 0 Å². The lowest BCUT2D eigenvalue weighted by Gasteiger charge is -2.54. The zero-order valence-corrected chi connectivity index (χ0v) is 30.2. The van der Waals surface area contributed by atoms with Crippen molar-refractivity contribution in [3.63, 3.8) is 0 Å². The Balaban J connectivity index is 0.983. The Hall–Kier alpha value is -4.35. The Bertz CT molecular complexity index is 1770. The number of anilines is 2. The summed E-state index contributed by atoms with van der Waals surface area (Å²) >= 11 is 0. The maximum Gasteiger partial charge on any atom is 0.404 e. The van der Waals surface area contributed by atoms with Crippen LogP contribution in [0.15, 0.2) is 85.5 Å². The number of rotatable bonds is 13. The molecule has 4 aliphatic rings. The molecule has 53 heavy (non-hydrogen) atoms. The highest BCUT2D eigenvalue weighted by Gasteiger charge is 2.53. The molecule has 3 aromatic rings. The summed E-state index contributed by atoms with van der Waals surface area (Å²) in [5.41, 5.74) is 1.55. The molecule has 0 aromatic heterocycles. The number of amides is 2. The van der Waals surface area contributed by atoms with Gasteiger partial charge < -0.3 is 30.4 Å². The van der Waals surface area contributed by atoms with E-state index in [1.54, 1.807) is 24.3 Å². The van der Waals surface area contributed by atoms with Crippen LogP contribution in [0.3, 0.4) is 0 Å². The van der Waals surface area contributed by atoms with E-state index in [1.165, 1.54) is 36.4 Å². The number of hydrogen-bond acceptors (Lipinski definition) is 5. The normalized spacial score (nSPS) is 22.7. The highest BCUT2D eigenvalue weighted by atomic mass is 19.3. The molecule has 1 unspecified atom stereocenters. The van der Waals surface area contributed by atoms with E-state index in [1.807, 2.05) is 6.07 Å². The maximum absolute atomic E-state index is 15.5. The number of carbonyl (C=O) groups is 2. The van der Waals surface area contributed by atoms with E-state index in [0.29, 0.717) is 11.8 Å². The van der Waals surface area contributed by atoms with Crippen LogP contribution < -0.4 is 15.5 Å². The number of piperidine rings is 1. The molecule has 11 heteroatoms. The fourth-order valence-electron chi connectivity index (χ4n) is 9.61. The van der Waals surface area contributed by atoms with Crippen molar-refractivity contribution in [2.75, 3.05) is 62.6 Å². The van der Waals surface area contributed by atoms with Gasteiger partial charge in [0.25, 0.3) is 5.92 Å². The molecule has 2 amide bonds. The molecule has 4 fully saturated rings. The highest BCUT2D eigenvalue weighted by molar-refractivity contribution is 5.98. The van der Waals surface area contributed by atoms with Gasteiger partial charge in [-0.05, 0) is 118 Å². The first-order valence-electron chi connectivity index (χ1n) is 19.0. The number of alkyl halides is 2. The van der Waals surface area contributed by atoms with E-state index < -0.39 is 17.9 Å². The van der Waals surface area contributed by atoms with Gasteiger partial charge in [-0.15, -0.1) is 0 Å². The summed E-state index contributed by atoms with van der Waals surface area (Å²) in [6.07, 6.45) is 5.89. The molecule has 0 bridgehead atoms. The molecule has 282 valence electrons. The van der Waals surface area contributed by atoms with E-state index in [-0.39, 0.29) is 40.0 Å². The summed E-state index contributed by atoms with van der Waals surface area (Å²) in [6.45, 7) is 10.8. The van der Waals surface area contributed by atoms with Gasteiger partial charge in [0.05, 0.1) is 0 Å². The second-order valence-electron chi connectivity index (χ2n) is 15.5. The minimum absolute atomic E-state index is 0.0965. The van der Waals surface area contributed by atoms with Gasteiger partial charge in [-0.25, -0.2) is 9.18 Å². The second kappa shape index (κ2) is 15.6. The van der Waals surface area contributed by atoms with Crippen LogP contribution in [-0.4, -0.2) is 85.3 Å². The third-order valence-corrected chi connectivity index (χ3v) is 12.3. The second-order valence-corrected chi connectivity index (χ2v) is 15.5. The van der Waals surface area contributed by atoms with Crippen molar-refractivity contribution in [3.05, 3.63) is 108 Å². The third kappa shape index (κ3) is 7.82. The maximum atomic E-state index is 15.5. The van der Waals surface area contributed by atoms with E-state index >= 15 is 8.78 Å². The molecule has 3 aliphatic heterocycles. The van der Waals surface area contributed by atoms with Gasteiger partial charge in [-0.3, -0.25) is 4.79 Å². The summed E-state index contributed by atoms with van der Waals surface area (Å²) < 4.78 is 45.9. The van der Waals surface area contributed by atoms with Gasteiger partial charge in [-0.1, -0.05) is 49.4 Å². The van der Waals surface area contributed by atoms with Crippen LogP contribution in [0.1, 0.15) is 55.2 Å². The van der Waals surface area contributed by atoms with Gasteiger partial charge in [0.2, 0.25) is 5.91 Å². The Kier molecular flexibility index (Phi) is 10.9. The van der Waals surface area contributed by atoms with Gasteiger partial charge in [0, 0.05) is 66.1 Å². The number of hydrogen-bond donors (Lipinski definition) is 3. The van der Waals surface area contributed by atoms with Crippen molar-refractivity contribution < 1.29 is 27.9 Å². The Morgan fingerprint density at radius 3 is 2.23 bits per heavy atom. The molecule has 0 spiro atoms. The summed E-state index contributed by atoms with van der Waals surface area (Å²) in [7, 11) is 0. The van der Waals surface area contributed by atoms with Gasteiger partial charge in [0.15, 0.2) is 0 Å². The average Bonchev–Trinajstić information content (AvgIpc) is 3.57. The molecular weight excluding hydrogens is 679 g/mol. The van der Waals surface area contributed by atoms with Crippen molar-refractivity contribution in [3.8, 4) is 0 Å². The van der Waals surface area contributed by atoms with E-state index in [0.717, 1.165) is 108 Å². The van der Waals surface area contributed by atoms with Crippen LogP contribution in [-0.2, 0) is 16.1 Å². The lowest BCUT2D eigenvalue weighted by molar-refractivity contribution is -0.111. The molecule has 8 nitrogen and oxygen atoms in total. The number of carbonyl (C=O) groups excluding carboxylic acids is 1. The Morgan fingerprint density at radius 1 is 0.849 bits per heavy atom. The summed E-state index contributed by atoms with van der Waals surface area (Å²) in [5, 5.41) is 15.2. The fourth-order valence-corrected chi connectivity index (χ4v) is 9.61. The fraction of sp³-hybridized carbons (Fsp3) is 0.476. The van der Waals surface area contributed by atoms with Crippen LogP contribution in [0.5, 0.6) is 0 Å². The first kappa shape index (κ1) is 37.0. The predicted octanol–water partition coefficient (Wildman–Crippen LogP) is 7.32. The molecule has 3 atom stereocenters. The molecule has 7 rings (SSSR count). The largest absolute Gasteiger partial charge is 0.465 e. The predicted molar refractivity (Wildman–Crippen MR) is 201 cm³/mol. The molecule has 0 radical (unpaired) electrons. The Morgan fingerprint density at radius 2 is 1.57 bits per heavy atom. The Labute approximate surface area is 310 Å². The molecule has 3 aromatic carbocycles. The quantitative estimate of drug-likeness (QED) is 0.160. The first-order chi connectivity index (χ1) is 25.5. The van der Waals surface area contributed by atoms with Crippen LogP contribution in [0, 0.1) is 23.6 Å². The van der Waals surface area contributed by atoms with E-state index in [2.05, 4.69) is 38.0 Å². The van der Waals surface area contributed by atoms with Crippen molar-refractivity contribution in [1.29, 1.82) is 0 Å². The number of nitrogens with zero attached hydrogens (tertiary/aromatic N) is 3. The zero-order valence-electron chi connectivity index (χ0n) is 30.2. The van der Waals surface area contributed by atoms with Gasteiger partial charge in [0.1, 0.15) is 5.82 Å². The molecule has 3 N–H and O–H groups in total. The lowest BCUT2D eigenvalue weighted by atomic mass is 9.57. The molecule has 1 saturated carbocycles. The average molecular weight is 730 g/mol. The van der Waals surface area contributed by atoms with Crippen LogP contribution in [0.2, 0.25) is 0 Å². The third-order valence-electron chi connectivity index (χ3n) is 12.3. The minimum Gasteiger partial charge on any atom is -0.465 e. The molecule has 1 aliphatic carbocycles. The van der Waals surface area contributed by atoms with Gasteiger partial charge in [-0.2, -0.15) is 8.78 Å². The smallest absolute Gasteiger partial charge is 0.404 e.